The van der Waals surface area contributed by atoms with E-state index in [1.807, 2.05) is 0 Å². The lowest BCUT2D eigenvalue weighted by atomic mass is 9.64. The number of ketones is 1. The average molecular weight is 400 g/mol. The average Bonchev–Trinajstić information content (AvgIpc) is 2.67. The maximum absolute atomic E-state index is 13.2. The molecule has 0 amide bonds. The summed E-state index contributed by atoms with van der Waals surface area (Å²) >= 11 is 0. The maximum atomic E-state index is 13.2. The smallest absolute Gasteiger partial charge is 0.336 e. The van der Waals surface area contributed by atoms with E-state index in [1.54, 1.807) is 25.3 Å². The van der Waals surface area contributed by atoms with E-state index in [9.17, 15) is 9.59 Å². The van der Waals surface area contributed by atoms with Gasteiger partial charge in [-0.1, -0.05) is 13.8 Å². The molecular weight excluding hydrogens is 372 g/mol. The van der Waals surface area contributed by atoms with Gasteiger partial charge in [0.15, 0.2) is 0 Å². The van der Waals surface area contributed by atoms with Crippen LogP contribution in [0, 0.1) is 11.3 Å². The van der Waals surface area contributed by atoms with Crippen molar-refractivity contribution < 1.29 is 19.1 Å². The van der Waals surface area contributed by atoms with Crippen molar-refractivity contribution in [3.8, 4) is 0 Å². The predicted molar refractivity (Wildman–Crippen MR) is 107 cm³/mol. The summed E-state index contributed by atoms with van der Waals surface area (Å²) in [5.41, 5.74) is 7.46. The molecule has 0 bridgehead atoms. The standard InChI is InChI=1S/C21H28N4O4/c1-4-29-20(27)19-15(12-28-9-7-22)24-14-10-21(2,3)11-16(26)17(14)18(19)13-6-5-8-23-25-13/h5-6,8,17-18H,4,7,9-12,22H2,1-3H3. The first-order chi connectivity index (χ1) is 13.9. The summed E-state index contributed by atoms with van der Waals surface area (Å²) in [6.07, 6.45) is 2.64. The molecule has 0 radical (unpaired) electrons. The van der Waals surface area contributed by atoms with Crippen molar-refractivity contribution in [2.45, 2.75) is 39.5 Å². The molecule has 1 aliphatic carbocycles. The van der Waals surface area contributed by atoms with Crippen LogP contribution in [-0.4, -0.2) is 54.0 Å². The SMILES string of the molecule is CCOC(=O)C1=C(COCCN)N=C2CC(C)(C)CC(=O)C2C1c1cccnn1. The van der Waals surface area contributed by atoms with E-state index in [2.05, 4.69) is 24.0 Å². The van der Waals surface area contributed by atoms with E-state index >= 15 is 0 Å². The highest BCUT2D eigenvalue weighted by molar-refractivity contribution is 6.12. The van der Waals surface area contributed by atoms with Crippen LogP contribution in [0.25, 0.3) is 0 Å². The van der Waals surface area contributed by atoms with Crippen LogP contribution in [0.2, 0.25) is 0 Å². The number of aromatic nitrogens is 2. The lowest BCUT2D eigenvalue weighted by Gasteiger charge is -2.40. The maximum Gasteiger partial charge on any atom is 0.336 e. The largest absolute Gasteiger partial charge is 0.463 e. The lowest BCUT2D eigenvalue weighted by Crippen LogP contribution is -2.44. The second kappa shape index (κ2) is 8.92. The van der Waals surface area contributed by atoms with Gasteiger partial charge in [-0.25, -0.2) is 4.79 Å². The molecule has 2 aliphatic rings. The zero-order valence-corrected chi connectivity index (χ0v) is 17.2. The molecule has 2 unspecified atom stereocenters. The Morgan fingerprint density at radius 3 is 2.76 bits per heavy atom. The van der Waals surface area contributed by atoms with E-state index in [0.717, 1.165) is 5.71 Å². The number of fused-ring (bicyclic) bond motifs is 1. The van der Waals surface area contributed by atoms with Crippen LogP contribution in [0.15, 0.2) is 34.6 Å². The summed E-state index contributed by atoms with van der Waals surface area (Å²) in [7, 11) is 0. The van der Waals surface area contributed by atoms with E-state index < -0.39 is 17.8 Å². The molecule has 1 aromatic heterocycles. The number of nitrogens with zero attached hydrogens (tertiary/aromatic N) is 3. The molecule has 2 N–H and O–H groups in total. The van der Waals surface area contributed by atoms with Crippen LogP contribution in [0.5, 0.6) is 0 Å². The number of Topliss-reactive ketones (excluding diaryl/α,β-unsaturated/α-hetero) is 1. The van der Waals surface area contributed by atoms with Gasteiger partial charge in [0.2, 0.25) is 0 Å². The van der Waals surface area contributed by atoms with Crippen molar-refractivity contribution in [1.29, 1.82) is 0 Å². The van der Waals surface area contributed by atoms with Gasteiger partial charge >= 0.3 is 5.97 Å². The van der Waals surface area contributed by atoms with Gasteiger partial charge in [0.1, 0.15) is 5.78 Å². The van der Waals surface area contributed by atoms with Crippen LogP contribution in [-0.2, 0) is 19.1 Å². The highest BCUT2D eigenvalue weighted by atomic mass is 16.5. The fourth-order valence-corrected chi connectivity index (χ4v) is 4.11. The number of hydrogen-bond acceptors (Lipinski definition) is 8. The van der Waals surface area contributed by atoms with Crippen molar-refractivity contribution in [2.24, 2.45) is 22.1 Å². The minimum atomic E-state index is -0.588. The van der Waals surface area contributed by atoms with Gasteiger partial charge in [-0.15, -0.1) is 0 Å². The molecule has 1 fully saturated rings. The van der Waals surface area contributed by atoms with E-state index in [4.69, 9.17) is 20.2 Å². The second-order valence-corrected chi connectivity index (χ2v) is 8.11. The number of carbonyl (C=O) groups is 2. The normalized spacial score (nSPS) is 23.4. The number of ether oxygens (including phenoxy) is 2. The molecule has 3 rings (SSSR count). The Morgan fingerprint density at radius 1 is 1.31 bits per heavy atom. The Balaban J connectivity index is 2.15. The minimum Gasteiger partial charge on any atom is -0.463 e. The quantitative estimate of drug-likeness (QED) is 0.548. The summed E-state index contributed by atoms with van der Waals surface area (Å²) < 4.78 is 10.9. The molecule has 2 atom stereocenters. The van der Waals surface area contributed by atoms with Crippen molar-refractivity contribution in [3.63, 3.8) is 0 Å². The molecule has 0 aromatic carbocycles. The summed E-state index contributed by atoms with van der Waals surface area (Å²) in [4.78, 5) is 30.9. The molecule has 2 heterocycles. The van der Waals surface area contributed by atoms with E-state index in [-0.39, 0.29) is 24.4 Å². The summed E-state index contributed by atoms with van der Waals surface area (Å²) in [5, 5.41) is 8.20. The Hall–Kier alpha value is -2.45. The summed E-state index contributed by atoms with van der Waals surface area (Å²) in [5.74, 6) is -1.58. The molecule has 8 heteroatoms. The molecule has 1 aromatic rings. The van der Waals surface area contributed by atoms with Crippen LogP contribution in [0.1, 0.15) is 45.2 Å². The third-order valence-electron chi connectivity index (χ3n) is 5.16. The number of esters is 1. The van der Waals surface area contributed by atoms with Crippen molar-refractivity contribution in [1.82, 2.24) is 10.2 Å². The Kier molecular flexibility index (Phi) is 6.54. The fraction of sp³-hybridized carbons (Fsp3) is 0.571. The third kappa shape index (κ3) is 4.59. The molecule has 8 nitrogen and oxygen atoms in total. The van der Waals surface area contributed by atoms with Crippen LogP contribution in [0.3, 0.4) is 0 Å². The Labute approximate surface area is 170 Å². The fourth-order valence-electron chi connectivity index (χ4n) is 4.11. The number of aliphatic imine (C=N–C) groups is 1. The first kappa shape index (κ1) is 21.3. The van der Waals surface area contributed by atoms with Gasteiger partial charge in [0, 0.05) is 24.9 Å². The highest BCUT2D eigenvalue weighted by Crippen LogP contribution is 2.46. The number of carbonyl (C=O) groups excluding carboxylic acids is 2. The summed E-state index contributed by atoms with van der Waals surface area (Å²) in [6, 6.07) is 3.53. The van der Waals surface area contributed by atoms with E-state index in [0.29, 0.717) is 43.0 Å². The van der Waals surface area contributed by atoms with Crippen LogP contribution in [0.4, 0.5) is 0 Å². The first-order valence-corrected chi connectivity index (χ1v) is 9.93. The van der Waals surface area contributed by atoms with Gasteiger partial charge in [0.05, 0.1) is 48.6 Å². The second-order valence-electron chi connectivity index (χ2n) is 8.11. The van der Waals surface area contributed by atoms with Crippen LogP contribution >= 0.6 is 0 Å². The minimum absolute atomic E-state index is 0.0550. The third-order valence-corrected chi connectivity index (χ3v) is 5.16. The molecule has 0 spiro atoms. The number of nitrogens with two attached hydrogens (primary N) is 1. The molecule has 156 valence electrons. The van der Waals surface area contributed by atoms with Crippen molar-refractivity contribution in [2.75, 3.05) is 26.4 Å². The van der Waals surface area contributed by atoms with Crippen molar-refractivity contribution >= 4 is 17.5 Å². The molecule has 1 saturated carbocycles. The van der Waals surface area contributed by atoms with Crippen molar-refractivity contribution in [3.05, 3.63) is 35.3 Å². The van der Waals surface area contributed by atoms with Gasteiger partial charge in [-0.2, -0.15) is 10.2 Å². The monoisotopic (exact) mass is 400 g/mol. The highest BCUT2D eigenvalue weighted by Gasteiger charge is 2.48. The first-order valence-electron chi connectivity index (χ1n) is 9.93. The topological polar surface area (TPSA) is 117 Å². The van der Waals surface area contributed by atoms with Gasteiger partial charge < -0.3 is 15.2 Å². The van der Waals surface area contributed by atoms with Gasteiger partial charge in [0.25, 0.3) is 0 Å². The van der Waals surface area contributed by atoms with E-state index in [1.165, 1.54) is 0 Å². The van der Waals surface area contributed by atoms with Gasteiger partial charge in [-0.05, 0) is 30.9 Å². The summed E-state index contributed by atoms with van der Waals surface area (Å²) in [6.45, 7) is 6.88. The lowest BCUT2D eigenvalue weighted by molar-refractivity contribution is -0.139. The Bertz CT molecular complexity index is 832. The zero-order valence-electron chi connectivity index (χ0n) is 17.2. The van der Waals surface area contributed by atoms with Crippen LogP contribution < -0.4 is 5.73 Å². The van der Waals surface area contributed by atoms with Gasteiger partial charge in [-0.3, -0.25) is 9.79 Å². The molecule has 1 aliphatic heterocycles. The Morgan fingerprint density at radius 2 is 2.10 bits per heavy atom. The number of rotatable bonds is 7. The predicted octanol–water partition coefficient (Wildman–Crippen LogP) is 1.81. The molecular formula is C21H28N4O4. The zero-order chi connectivity index (χ0) is 21.0. The number of hydrogen-bond donors (Lipinski definition) is 1. The molecule has 29 heavy (non-hydrogen) atoms. The molecule has 0 saturated heterocycles.